The molecule has 9 heteroatoms. The molecular weight excluding hydrogens is 430 g/mol. The molecule has 0 saturated carbocycles. The van der Waals surface area contributed by atoms with Crippen LogP contribution in [-0.2, 0) is 4.74 Å². The van der Waals surface area contributed by atoms with Crippen LogP contribution in [0.2, 0.25) is 0 Å². The molecule has 0 radical (unpaired) electrons. The Balaban J connectivity index is 1.43. The molecule has 0 spiro atoms. The van der Waals surface area contributed by atoms with E-state index in [1.54, 1.807) is 6.20 Å². The van der Waals surface area contributed by atoms with Gasteiger partial charge in [0.1, 0.15) is 11.6 Å². The van der Waals surface area contributed by atoms with Crippen molar-refractivity contribution in [1.29, 1.82) is 0 Å². The number of anilines is 3. The molecule has 0 amide bonds. The molecule has 2 N–H and O–H groups in total. The molecule has 34 heavy (non-hydrogen) atoms. The summed E-state index contributed by atoms with van der Waals surface area (Å²) in [6, 6.07) is 17.8. The molecule has 9 nitrogen and oxygen atoms in total. The van der Waals surface area contributed by atoms with E-state index in [2.05, 4.69) is 20.6 Å². The van der Waals surface area contributed by atoms with Crippen molar-refractivity contribution in [1.82, 2.24) is 24.6 Å². The van der Waals surface area contributed by atoms with Gasteiger partial charge in [-0.2, -0.15) is 15.1 Å². The highest BCUT2D eigenvalue weighted by Gasteiger charge is 2.15. The molecule has 2 aromatic heterocycles. The van der Waals surface area contributed by atoms with Gasteiger partial charge < -0.3 is 20.1 Å². The van der Waals surface area contributed by atoms with Crippen LogP contribution >= 0.6 is 0 Å². The maximum Gasteiger partial charge on any atom is 0.226 e. The fourth-order valence-corrected chi connectivity index (χ4v) is 3.93. The zero-order valence-electron chi connectivity index (χ0n) is 19.3. The van der Waals surface area contributed by atoms with Crippen LogP contribution in [0.1, 0.15) is 6.92 Å². The number of morpholine rings is 1. The number of hydrogen-bond acceptors (Lipinski definition) is 8. The van der Waals surface area contributed by atoms with E-state index in [-0.39, 0.29) is 0 Å². The predicted octanol–water partition coefficient (Wildman–Crippen LogP) is 3.70. The third kappa shape index (κ3) is 5.11. The Morgan fingerprint density at radius 1 is 1.00 bits per heavy atom. The van der Waals surface area contributed by atoms with Gasteiger partial charge in [-0.05, 0) is 43.3 Å². The number of hydrogen-bond donors (Lipinski definition) is 2. The number of fused-ring (bicyclic) bond motifs is 1. The Morgan fingerprint density at radius 3 is 2.56 bits per heavy atom. The fraction of sp³-hybridized carbons (Fsp3) is 0.320. The lowest BCUT2D eigenvalue weighted by atomic mass is 10.3. The molecule has 1 aliphatic heterocycles. The highest BCUT2D eigenvalue weighted by atomic mass is 16.5. The second kappa shape index (κ2) is 10.5. The van der Waals surface area contributed by atoms with Gasteiger partial charge in [0.05, 0.1) is 37.1 Å². The number of rotatable bonds is 9. The van der Waals surface area contributed by atoms with E-state index >= 15 is 0 Å². The SMILES string of the molecule is CCOc1ccc(Nc2nc(NCCN3CCOCC3)nc3c2cnn3-c2ccccc2)cc1. The lowest BCUT2D eigenvalue weighted by molar-refractivity contribution is 0.0398. The molecule has 2 aromatic carbocycles. The van der Waals surface area contributed by atoms with Crippen LogP contribution in [0.4, 0.5) is 17.5 Å². The second-order valence-corrected chi connectivity index (χ2v) is 7.99. The molecule has 0 atom stereocenters. The highest BCUT2D eigenvalue weighted by Crippen LogP contribution is 2.27. The second-order valence-electron chi connectivity index (χ2n) is 7.99. The van der Waals surface area contributed by atoms with E-state index in [1.807, 2.05) is 66.2 Å². The van der Waals surface area contributed by atoms with Crippen molar-refractivity contribution >= 4 is 28.5 Å². The predicted molar refractivity (Wildman–Crippen MR) is 133 cm³/mol. The van der Waals surface area contributed by atoms with Gasteiger partial charge in [-0.25, -0.2) is 4.68 Å². The average molecular weight is 460 g/mol. The summed E-state index contributed by atoms with van der Waals surface area (Å²) in [6.07, 6.45) is 1.80. The average Bonchev–Trinajstić information content (AvgIpc) is 3.31. The van der Waals surface area contributed by atoms with Gasteiger partial charge in [0.2, 0.25) is 5.95 Å². The molecule has 0 unspecified atom stereocenters. The van der Waals surface area contributed by atoms with E-state index in [4.69, 9.17) is 19.4 Å². The fourth-order valence-electron chi connectivity index (χ4n) is 3.93. The number of benzene rings is 2. The van der Waals surface area contributed by atoms with Gasteiger partial charge in [-0.3, -0.25) is 4.90 Å². The van der Waals surface area contributed by atoms with Crippen molar-refractivity contribution in [2.45, 2.75) is 6.92 Å². The first-order valence-corrected chi connectivity index (χ1v) is 11.7. The van der Waals surface area contributed by atoms with Crippen LogP contribution < -0.4 is 15.4 Å². The van der Waals surface area contributed by atoms with Crippen LogP contribution in [0.5, 0.6) is 5.75 Å². The number of nitrogens with zero attached hydrogens (tertiary/aromatic N) is 5. The Labute approximate surface area is 198 Å². The first kappa shape index (κ1) is 22.1. The number of para-hydroxylation sites is 1. The van der Waals surface area contributed by atoms with Gasteiger partial charge in [-0.15, -0.1) is 0 Å². The quantitative estimate of drug-likeness (QED) is 0.392. The zero-order valence-corrected chi connectivity index (χ0v) is 19.3. The summed E-state index contributed by atoms with van der Waals surface area (Å²) in [4.78, 5) is 12.0. The number of aromatic nitrogens is 4. The molecule has 3 heterocycles. The monoisotopic (exact) mass is 459 g/mol. The van der Waals surface area contributed by atoms with Crippen molar-refractivity contribution < 1.29 is 9.47 Å². The molecule has 0 bridgehead atoms. The number of nitrogens with one attached hydrogen (secondary N) is 2. The minimum absolute atomic E-state index is 0.562. The van der Waals surface area contributed by atoms with Crippen molar-refractivity contribution in [3.63, 3.8) is 0 Å². The largest absolute Gasteiger partial charge is 0.494 e. The molecule has 176 valence electrons. The molecule has 5 rings (SSSR count). The van der Waals surface area contributed by atoms with E-state index in [9.17, 15) is 0 Å². The van der Waals surface area contributed by atoms with Crippen LogP contribution in [0, 0.1) is 0 Å². The smallest absolute Gasteiger partial charge is 0.226 e. The first-order chi connectivity index (χ1) is 16.8. The Morgan fingerprint density at radius 2 is 1.79 bits per heavy atom. The summed E-state index contributed by atoms with van der Waals surface area (Å²) >= 11 is 0. The van der Waals surface area contributed by atoms with Gasteiger partial charge in [-0.1, -0.05) is 18.2 Å². The third-order valence-electron chi connectivity index (χ3n) is 5.67. The molecule has 1 saturated heterocycles. The third-order valence-corrected chi connectivity index (χ3v) is 5.67. The summed E-state index contributed by atoms with van der Waals surface area (Å²) in [7, 11) is 0. The topological polar surface area (TPSA) is 89.4 Å². The minimum atomic E-state index is 0.562. The van der Waals surface area contributed by atoms with Gasteiger partial charge in [0.15, 0.2) is 5.65 Å². The lowest BCUT2D eigenvalue weighted by Gasteiger charge is -2.26. The minimum Gasteiger partial charge on any atom is -0.494 e. The highest BCUT2D eigenvalue weighted by molar-refractivity contribution is 5.90. The first-order valence-electron chi connectivity index (χ1n) is 11.7. The molecular formula is C25H29N7O2. The van der Waals surface area contributed by atoms with Crippen molar-refractivity contribution in [2.24, 2.45) is 0 Å². The Bertz CT molecular complexity index is 1210. The lowest BCUT2D eigenvalue weighted by Crippen LogP contribution is -2.39. The van der Waals surface area contributed by atoms with Crippen LogP contribution in [0.25, 0.3) is 16.7 Å². The summed E-state index contributed by atoms with van der Waals surface area (Å²) in [6.45, 7) is 7.74. The molecule has 0 aliphatic carbocycles. The van der Waals surface area contributed by atoms with Crippen molar-refractivity contribution in [3.8, 4) is 11.4 Å². The van der Waals surface area contributed by atoms with E-state index in [0.29, 0.717) is 18.4 Å². The number of ether oxygens (including phenoxy) is 2. The summed E-state index contributed by atoms with van der Waals surface area (Å²) < 4.78 is 12.8. The Kier molecular flexibility index (Phi) is 6.83. The molecule has 4 aromatic rings. The zero-order chi connectivity index (χ0) is 23.2. The summed E-state index contributed by atoms with van der Waals surface area (Å²) in [5, 5.41) is 12.3. The maximum absolute atomic E-state index is 5.56. The maximum atomic E-state index is 5.56. The van der Waals surface area contributed by atoms with Gasteiger partial charge >= 0.3 is 0 Å². The van der Waals surface area contributed by atoms with Crippen LogP contribution in [0.3, 0.4) is 0 Å². The van der Waals surface area contributed by atoms with Crippen LogP contribution in [0.15, 0.2) is 60.8 Å². The Hall–Kier alpha value is -3.69. The van der Waals surface area contributed by atoms with E-state index < -0.39 is 0 Å². The summed E-state index contributed by atoms with van der Waals surface area (Å²) in [5.41, 5.74) is 2.60. The normalized spacial score (nSPS) is 14.3. The standard InChI is InChI=1S/C25H29N7O2/c1-2-34-21-10-8-19(9-11-21)28-23-22-18-27-32(20-6-4-3-5-7-20)24(22)30-25(29-23)26-12-13-31-14-16-33-17-15-31/h3-11,18H,2,12-17H2,1H3,(H2,26,28,29,30). The van der Waals surface area contributed by atoms with Crippen molar-refractivity contribution in [3.05, 3.63) is 60.8 Å². The van der Waals surface area contributed by atoms with E-state index in [0.717, 1.165) is 67.6 Å². The van der Waals surface area contributed by atoms with Gasteiger partial charge in [0, 0.05) is 31.9 Å². The van der Waals surface area contributed by atoms with E-state index in [1.165, 1.54) is 0 Å². The van der Waals surface area contributed by atoms with Crippen LogP contribution in [-0.4, -0.2) is 70.6 Å². The van der Waals surface area contributed by atoms with Gasteiger partial charge in [0.25, 0.3) is 0 Å². The van der Waals surface area contributed by atoms with Crippen molar-refractivity contribution in [2.75, 3.05) is 56.6 Å². The summed E-state index contributed by atoms with van der Waals surface area (Å²) in [5.74, 6) is 2.10. The molecule has 1 fully saturated rings. The molecule has 1 aliphatic rings.